The Morgan fingerprint density at radius 2 is 1.83 bits per heavy atom. The molecule has 156 valence electrons. The third kappa shape index (κ3) is 4.05. The maximum atomic E-state index is 12.7. The highest BCUT2D eigenvalue weighted by atomic mass is 32.2. The van der Waals surface area contributed by atoms with Crippen LogP contribution >= 0.6 is 0 Å². The lowest BCUT2D eigenvalue weighted by Gasteiger charge is -2.20. The SMILES string of the molecule is CC(C)c1ccc(S(=O)(=O)Nc2ccc([C@]34C[C@H]3CN(CCCF)C4)cc2)cc1. The lowest BCUT2D eigenvalue weighted by Crippen LogP contribution is -2.27. The minimum absolute atomic E-state index is 0.181. The van der Waals surface area contributed by atoms with Gasteiger partial charge < -0.3 is 4.90 Å². The molecule has 4 rings (SSSR count). The fourth-order valence-corrected chi connectivity index (χ4v) is 5.66. The van der Waals surface area contributed by atoms with Crippen molar-refractivity contribution in [3.05, 3.63) is 59.7 Å². The van der Waals surface area contributed by atoms with Crippen LogP contribution < -0.4 is 4.72 Å². The molecule has 4 nitrogen and oxygen atoms in total. The molecule has 0 spiro atoms. The molecule has 0 unspecified atom stereocenters. The van der Waals surface area contributed by atoms with Crippen LogP contribution in [0.1, 0.15) is 43.7 Å². The fraction of sp³-hybridized carbons (Fsp3) is 0.478. The van der Waals surface area contributed by atoms with Crippen LogP contribution in [-0.2, 0) is 15.4 Å². The van der Waals surface area contributed by atoms with E-state index >= 15 is 0 Å². The number of anilines is 1. The highest BCUT2D eigenvalue weighted by Crippen LogP contribution is 2.59. The number of nitrogens with one attached hydrogen (secondary N) is 1. The number of rotatable bonds is 8. The highest BCUT2D eigenvalue weighted by molar-refractivity contribution is 7.92. The average molecular weight is 417 g/mol. The molecule has 0 amide bonds. The van der Waals surface area contributed by atoms with Gasteiger partial charge in [0.1, 0.15) is 0 Å². The smallest absolute Gasteiger partial charge is 0.261 e. The third-order valence-electron chi connectivity index (χ3n) is 6.39. The van der Waals surface area contributed by atoms with Gasteiger partial charge in [-0.15, -0.1) is 0 Å². The number of benzene rings is 2. The summed E-state index contributed by atoms with van der Waals surface area (Å²) in [7, 11) is -3.61. The molecule has 29 heavy (non-hydrogen) atoms. The highest BCUT2D eigenvalue weighted by Gasteiger charge is 2.60. The van der Waals surface area contributed by atoms with E-state index in [1.165, 1.54) is 12.0 Å². The molecule has 1 heterocycles. The van der Waals surface area contributed by atoms with Crippen LogP contribution in [-0.4, -0.2) is 39.6 Å². The minimum atomic E-state index is -3.61. The average Bonchev–Trinajstić information content (AvgIpc) is 3.28. The third-order valence-corrected chi connectivity index (χ3v) is 7.79. The summed E-state index contributed by atoms with van der Waals surface area (Å²) in [5, 5.41) is 0. The lowest BCUT2D eigenvalue weighted by molar-refractivity contribution is 0.280. The number of piperidine rings is 1. The molecule has 1 aliphatic heterocycles. The second kappa shape index (κ2) is 7.73. The predicted octanol–water partition coefficient (Wildman–Crippen LogP) is 4.54. The van der Waals surface area contributed by atoms with E-state index in [2.05, 4.69) is 23.5 Å². The number of fused-ring (bicyclic) bond motifs is 1. The van der Waals surface area contributed by atoms with Crippen molar-refractivity contribution in [2.75, 3.05) is 31.0 Å². The Labute approximate surface area is 173 Å². The summed E-state index contributed by atoms with van der Waals surface area (Å²) in [5.41, 5.74) is 3.13. The first-order valence-corrected chi connectivity index (χ1v) is 11.8. The van der Waals surface area contributed by atoms with E-state index in [4.69, 9.17) is 0 Å². The Hall–Kier alpha value is -1.92. The predicted molar refractivity (Wildman–Crippen MR) is 115 cm³/mol. The molecule has 2 aromatic rings. The van der Waals surface area contributed by atoms with Gasteiger partial charge in [-0.3, -0.25) is 9.11 Å². The zero-order valence-electron chi connectivity index (χ0n) is 17.1. The van der Waals surface area contributed by atoms with Crippen LogP contribution in [0.4, 0.5) is 10.1 Å². The van der Waals surface area contributed by atoms with E-state index in [-0.39, 0.29) is 17.0 Å². The van der Waals surface area contributed by atoms with E-state index in [9.17, 15) is 12.8 Å². The van der Waals surface area contributed by atoms with Crippen molar-refractivity contribution < 1.29 is 12.8 Å². The van der Waals surface area contributed by atoms with Crippen LogP contribution in [0.2, 0.25) is 0 Å². The van der Waals surface area contributed by atoms with Crippen LogP contribution in [0.5, 0.6) is 0 Å². The molecule has 1 saturated heterocycles. The Kier molecular flexibility index (Phi) is 5.42. The standard InChI is InChI=1S/C23H29FN2O2S/c1-17(2)18-4-10-22(11-5-18)29(27,28)25-21-8-6-19(7-9-21)23-14-20(23)15-26(16-23)13-3-12-24/h4-11,17,20,25H,3,12-16H2,1-2H3/t20-,23+/m0/s1. The number of likely N-dealkylation sites (tertiary alicyclic amines) is 1. The number of nitrogens with zero attached hydrogens (tertiary/aromatic N) is 1. The first-order chi connectivity index (χ1) is 13.8. The summed E-state index contributed by atoms with van der Waals surface area (Å²) in [5.74, 6) is 1.01. The molecule has 2 fully saturated rings. The van der Waals surface area contributed by atoms with Gasteiger partial charge in [-0.05, 0) is 60.1 Å². The maximum Gasteiger partial charge on any atom is 0.261 e. The van der Waals surface area contributed by atoms with E-state index in [0.717, 1.165) is 25.2 Å². The van der Waals surface area contributed by atoms with Gasteiger partial charge >= 0.3 is 0 Å². The molecule has 0 radical (unpaired) electrons. The molecule has 2 aromatic carbocycles. The Morgan fingerprint density at radius 3 is 2.45 bits per heavy atom. The van der Waals surface area contributed by atoms with Gasteiger partial charge in [-0.25, -0.2) is 8.42 Å². The quantitative estimate of drug-likeness (QED) is 0.687. The molecule has 2 aliphatic rings. The summed E-state index contributed by atoms with van der Waals surface area (Å²) in [4.78, 5) is 2.62. The zero-order chi connectivity index (χ0) is 20.6. The normalized spacial score (nSPS) is 23.9. The van der Waals surface area contributed by atoms with Crippen LogP contribution in [0.15, 0.2) is 53.4 Å². The number of halogens is 1. The lowest BCUT2D eigenvalue weighted by atomic mass is 9.95. The second-order valence-corrected chi connectivity index (χ2v) is 10.4. The van der Waals surface area contributed by atoms with Gasteiger partial charge in [-0.1, -0.05) is 38.1 Å². The molecular weight excluding hydrogens is 387 g/mol. The molecule has 1 aliphatic carbocycles. The van der Waals surface area contributed by atoms with Crippen molar-refractivity contribution in [1.29, 1.82) is 0 Å². The monoisotopic (exact) mass is 416 g/mol. The van der Waals surface area contributed by atoms with Gasteiger partial charge in [0.15, 0.2) is 0 Å². The Morgan fingerprint density at radius 1 is 1.14 bits per heavy atom. The van der Waals surface area contributed by atoms with E-state index < -0.39 is 10.0 Å². The van der Waals surface area contributed by atoms with Crippen LogP contribution in [0, 0.1) is 5.92 Å². The molecular formula is C23H29FN2O2S. The second-order valence-electron chi connectivity index (χ2n) is 8.74. The number of sulfonamides is 1. The van der Waals surface area contributed by atoms with E-state index in [0.29, 0.717) is 23.9 Å². The molecule has 2 atom stereocenters. The first kappa shape index (κ1) is 20.4. The Bertz CT molecular complexity index is 957. The van der Waals surface area contributed by atoms with Gasteiger partial charge in [0.2, 0.25) is 0 Å². The minimum Gasteiger partial charge on any atom is -0.302 e. The van der Waals surface area contributed by atoms with E-state index in [1.54, 1.807) is 12.1 Å². The van der Waals surface area contributed by atoms with Crippen molar-refractivity contribution in [2.24, 2.45) is 5.92 Å². The van der Waals surface area contributed by atoms with Crippen LogP contribution in [0.25, 0.3) is 0 Å². The molecule has 6 heteroatoms. The summed E-state index contributed by atoms with van der Waals surface area (Å²) in [6.45, 7) is 6.74. The molecule has 0 bridgehead atoms. The van der Waals surface area contributed by atoms with E-state index in [1.807, 2.05) is 36.4 Å². The largest absolute Gasteiger partial charge is 0.302 e. The number of hydrogen-bond donors (Lipinski definition) is 1. The number of alkyl halides is 1. The first-order valence-electron chi connectivity index (χ1n) is 10.4. The van der Waals surface area contributed by atoms with Crippen molar-refractivity contribution in [2.45, 2.75) is 42.9 Å². The summed E-state index contributed by atoms with van der Waals surface area (Å²) in [6.07, 6.45) is 1.77. The van der Waals surface area contributed by atoms with Gasteiger partial charge in [-0.2, -0.15) is 0 Å². The topological polar surface area (TPSA) is 49.4 Å². The maximum absolute atomic E-state index is 12.7. The summed E-state index contributed by atoms with van der Waals surface area (Å²) < 4.78 is 40.5. The van der Waals surface area contributed by atoms with Gasteiger partial charge in [0, 0.05) is 30.7 Å². The van der Waals surface area contributed by atoms with Crippen molar-refractivity contribution in [1.82, 2.24) is 4.90 Å². The molecule has 1 N–H and O–H groups in total. The number of hydrogen-bond acceptors (Lipinski definition) is 3. The Balaban J connectivity index is 1.43. The van der Waals surface area contributed by atoms with Crippen molar-refractivity contribution >= 4 is 15.7 Å². The fourth-order valence-electron chi connectivity index (χ4n) is 4.60. The molecule has 1 saturated carbocycles. The van der Waals surface area contributed by atoms with Crippen LogP contribution in [0.3, 0.4) is 0 Å². The summed E-state index contributed by atoms with van der Waals surface area (Å²) >= 11 is 0. The van der Waals surface area contributed by atoms with Gasteiger partial charge in [0.05, 0.1) is 11.6 Å². The molecule has 0 aromatic heterocycles. The zero-order valence-corrected chi connectivity index (χ0v) is 17.9. The summed E-state index contributed by atoms with van der Waals surface area (Å²) in [6, 6.07) is 14.8. The van der Waals surface area contributed by atoms with Gasteiger partial charge in [0.25, 0.3) is 10.0 Å². The van der Waals surface area contributed by atoms with Crippen molar-refractivity contribution in [3.63, 3.8) is 0 Å². The van der Waals surface area contributed by atoms with Crippen molar-refractivity contribution in [3.8, 4) is 0 Å².